The van der Waals surface area contributed by atoms with E-state index >= 15 is 0 Å². The van der Waals surface area contributed by atoms with Crippen molar-refractivity contribution in [2.45, 2.75) is 0 Å². The zero-order chi connectivity index (χ0) is 17.8. The highest BCUT2D eigenvalue weighted by Gasteiger charge is 2.15. The monoisotopic (exact) mass is 384 g/mol. The Bertz CT molecular complexity index is 670. The van der Waals surface area contributed by atoms with Gasteiger partial charge in [0, 0.05) is 71.7 Å². The third-order valence-corrected chi connectivity index (χ3v) is 6.90. The summed E-state index contributed by atoms with van der Waals surface area (Å²) in [6, 6.07) is 16.2. The molecule has 0 bridgehead atoms. The summed E-state index contributed by atoms with van der Waals surface area (Å²) in [7, 11) is 0. The maximum Gasteiger partial charge on any atom is 0.193 e. The van der Waals surface area contributed by atoms with E-state index in [2.05, 4.69) is 34.1 Å². The van der Waals surface area contributed by atoms with Crippen molar-refractivity contribution in [2.75, 3.05) is 59.0 Å². The lowest BCUT2D eigenvalue weighted by atomic mass is 10.0. The maximum atomic E-state index is 12.8. The molecule has 0 spiro atoms. The SMILES string of the molecule is O=C(c1ccc(N2CCSCC2)cc1)c1ccc(N2CCSCC2)cc1. The van der Waals surface area contributed by atoms with E-state index in [4.69, 9.17) is 0 Å². The van der Waals surface area contributed by atoms with Crippen LogP contribution in [0.5, 0.6) is 0 Å². The number of anilines is 2. The van der Waals surface area contributed by atoms with Crippen LogP contribution in [0, 0.1) is 0 Å². The molecule has 2 saturated heterocycles. The van der Waals surface area contributed by atoms with Crippen molar-refractivity contribution >= 4 is 40.7 Å². The molecule has 0 radical (unpaired) electrons. The number of carbonyl (C=O) groups excluding carboxylic acids is 1. The van der Waals surface area contributed by atoms with E-state index < -0.39 is 0 Å². The standard InChI is InChI=1S/C21H24N2OS2/c24-21(17-1-5-19(6-2-17)22-9-13-25-14-10-22)18-3-7-20(8-4-18)23-11-15-26-16-12-23/h1-8H,9-16H2. The third-order valence-electron chi connectivity index (χ3n) is 5.01. The summed E-state index contributed by atoms with van der Waals surface area (Å²) in [6.45, 7) is 4.37. The van der Waals surface area contributed by atoms with E-state index in [1.54, 1.807) is 0 Å². The Morgan fingerprint density at radius 3 is 1.31 bits per heavy atom. The van der Waals surface area contributed by atoms with Gasteiger partial charge in [-0.15, -0.1) is 0 Å². The van der Waals surface area contributed by atoms with Crippen LogP contribution >= 0.6 is 23.5 Å². The quantitative estimate of drug-likeness (QED) is 0.741. The van der Waals surface area contributed by atoms with E-state index in [1.165, 1.54) is 34.4 Å². The molecule has 0 aliphatic carbocycles. The summed E-state index contributed by atoms with van der Waals surface area (Å²) in [4.78, 5) is 17.6. The van der Waals surface area contributed by atoms with Gasteiger partial charge in [-0.05, 0) is 48.5 Å². The first-order valence-electron chi connectivity index (χ1n) is 9.21. The van der Waals surface area contributed by atoms with Gasteiger partial charge in [0.2, 0.25) is 0 Å². The number of hydrogen-bond donors (Lipinski definition) is 0. The first-order valence-corrected chi connectivity index (χ1v) is 11.5. The smallest absolute Gasteiger partial charge is 0.193 e. The van der Waals surface area contributed by atoms with E-state index in [0.717, 1.165) is 37.3 Å². The van der Waals surface area contributed by atoms with Crippen molar-refractivity contribution in [1.82, 2.24) is 0 Å². The van der Waals surface area contributed by atoms with Gasteiger partial charge >= 0.3 is 0 Å². The Labute approximate surface area is 164 Å². The molecule has 5 heteroatoms. The Morgan fingerprint density at radius 2 is 0.962 bits per heavy atom. The minimum absolute atomic E-state index is 0.103. The fraction of sp³-hybridized carbons (Fsp3) is 0.381. The second kappa shape index (κ2) is 8.40. The number of benzene rings is 2. The average molecular weight is 385 g/mol. The predicted octanol–water partition coefficient (Wildman–Crippen LogP) is 4.02. The lowest BCUT2D eigenvalue weighted by Crippen LogP contribution is -2.32. The minimum atomic E-state index is 0.103. The number of nitrogens with zero attached hydrogens (tertiary/aromatic N) is 2. The van der Waals surface area contributed by atoms with Gasteiger partial charge in [0.25, 0.3) is 0 Å². The van der Waals surface area contributed by atoms with E-state index in [0.29, 0.717) is 0 Å². The molecule has 2 fully saturated rings. The highest BCUT2D eigenvalue weighted by Crippen LogP contribution is 2.23. The van der Waals surface area contributed by atoms with E-state index in [-0.39, 0.29) is 5.78 Å². The number of ketones is 1. The molecule has 136 valence electrons. The molecule has 2 aliphatic heterocycles. The van der Waals surface area contributed by atoms with Gasteiger partial charge in [-0.25, -0.2) is 0 Å². The summed E-state index contributed by atoms with van der Waals surface area (Å²) in [5, 5.41) is 0. The van der Waals surface area contributed by atoms with Gasteiger partial charge in [0.1, 0.15) is 0 Å². The third kappa shape index (κ3) is 4.04. The van der Waals surface area contributed by atoms with Crippen LogP contribution in [-0.4, -0.2) is 55.0 Å². The van der Waals surface area contributed by atoms with Crippen molar-refractivity contribution in [3.63, 3.8) is 0 Å². The fourth-order valence-electron chi connectivity index (χ4n) is 3.46. The Morgan fingerprint density at radius 1 is 0.615 bits per heavy atom. The molecule has 2 aromatic carbocycles. The highest BCUT2D eigenvalue weighted by molar-refractivity contribution is 7.99. The molecule has 4 rings (SSSR count). The van der Waals surface area contributed by atoms with Crippen molar-refractivity contribution < 1.29 is 4.79 Å². The maximum absolute atomic E-state index is 12.8. The molecule has 0 N–H and O–H groups in total. The molecule has 0 saturated carbocycles. The summed E-state index contributed by atoms with van der Waals surface area (Å²) >= 11 is 4.02. The Balaban J connectivity index is 1.44. The molecule has 26 heavy (non-hydrogen) atoms. The van der Waals surface area contributed by atoms with Crippen LogP contribution in [0.3, 0.4) is 0 Å². The van der Waals surface area contributed by atoms with Gasteiger partial charge < -0.3 is 9.80 Å². The van der Waals surface area contributed by atoms with Gasteiger partial charge in [-0.3, -0.25) is 4.79 Å². The molecular weight excluding hydrogens is 360 g/mol. The van der Waals surface area contributed by atoms with Crippen LogP contribution in [0.25, 0.3) is 0 Å². The number of carbonyl (C=O) groups is 1. The first-order chi connectivity index (χ1) is 12.8. The predicted molar refractivity (Wildman–Crippen MR) is 115 cm³/mol. The van der Waals surface area contributed by atoms with Gasteiger partial charge in [0.05, 0.1) is 0 Å². The van der Waals surface area contributed by atoms with Crippen LogP contribution in [0.1, 0.15) is 15.9 Å². The van der Waals surface area contributed by atoms with Crippen molar-refractivity contribution in [2.24, 2.45) is 0 Å². The van der Waals surface area contributed by atoms with Gasteiger partial charge in [0.15, 0.2) is 5.78 Å². The highest BCUT2D eigenvalue weighted by atomic mass is 32.2. The normalized spacial score (nSPS) is 18.0. The van der Waals surface area contributed by atoms with Gasteiger partial charge in [-0.2, -0.15) is 23.5 Å². The summed E-state index contributed by atoms with van der Waals surface area (Å²) in [5.74, 6) is 4.84. The summed E-state index contributed by atoms with van der Waals surface area (Å²) < 4.78 is 0. The minimum Gasteiger partial charge on any atom is -0.370 e. The molecular formula is C21H24N2OS2. The summed E-state index contributed by atoms with van der Waals surface area (Å²) in [5.41, 5.74) is 3.98. The van der Waals surface area contributed by atoms with Crippen LogP contribution in [0.4, 0.5) is 11.4 Å². The topological polar surface area (TPSA) is 23.6 Å². The molecule has 2 aliphatic rings. The largest absolute Gasteiger partial charge is 0.370 e. The molecule has 2 aromatic rings. The fourth-order valence-corrected chi connectivity index (χ4v) is 5.26. The van der Waals surface area contributed by atoms with Crippen LogP contribution in [0.15, 0.2) is 48.5 Å². The lowest BCUT2D eigenvalue weighted by Gasteiger charge is -2.28. The number of hydrogen-bond acceptors (Lipinski definition) is 5. The lowest BCUT2D eigenvalue weighted by molar-refractivity contribution is 0.103. The number of rotatable bonds is 4. The number of thioether (sulfide) groups is 2. The molecule has 0 unspecified atom stereocenters. The summed E-state index contributed by atoms with van der Waals surface area (Å²) in [6.07, 6.45) is 0. The second-order valence-electron chi connectivity index (χ2n) is 6.62. The Kier molecular flexibility index (Phi) is 5.75. The second-order valence-corrected chi connectivity index (χ2v) is 9.07. The van der Waals surface area contributed by atoms with Crippen LogP contribution in [-0.2, 0) is 0 Å². The van der Waals surface area contributed by atoms with E-state index in [1.807, 2.05) is 47.8 Å². The molecule has 2 heterocycles. The zero-order valence-electron chi connectivity index (χ0n) is 14.9. The Hall–Kier alpha value is -1.59. The van der Waals surface area contributed by atoms with E-state index in [9.17, 15) is 4.79 Å². The molecule has 3 nitrogen and oxygen atoms in total. The van der Waals surface area contributed by atoms with Crippen molar-refractivity contribution in [1.29, 1.82) is 0 Å². The van der Waals surface area contributed by atoms with Crippen LogP contribution < -0.4 is 9.80 Å². The average Bonchev–Trinajstić information content (AvgIpc) is 2.75. The molecule has 0 atom stereocenters. The molecule has 0 aromatic heterocycles. The van der Waals surface area contributed by atoms with Crippen molar-refractivity contribution in [3.8, 4) is 0 Å². The van der Waals surface area contributed by atoms with Crippen LogP contribution in [0.2, 0.25) is 0 Å². The van der Waals surface area contributed by atoms with Gasteiger partial charge in [-0.1, -0.05) is 0 Å². The van der Waals surface area contributed by atoms with Crippen molar-refractivity contribution in [3.05, 3.63) is 59.7 Å². The molecule has 0 amide bonds. The zero-order valence-corrected chi connectivity index (χ0v) is 16.5. The first kappa shape index (κ1) is 17.8.